The molecular formula is C15H11F2N3. The number of nitrogens with zero attached hydrogens (tertiary/aromatic N) is 2. The minimum absolute atomic E-state index is 0.130. The van der Waals surface area contributed by atoms with Crippen molar-refractivity contribution in [2.45, 2.75) is 6.92 Å². The molecule has 0 aliphatic carbocycles. The molecule has 0 spiro atoms. The van der Waals surface area contributed by atoms with Gasteiger partial charge in [0.05, 0.1) is 11.1 Å². The molecule has 0 saturated heterocycles. The lowest BCUT2D eigenvalue weighted by molar-refractivity contribution is 0.620. The minimum Gasteiger partial charge on any atom is -0.383 e. The van der Waals surface area contributed by atoms with Gasteiger partial charge in [0.15, 0.2) is 5.82 Å². The maximum Gasteiger partial charge on any atom is 0.165 e. The summed E-state index contributed by atoms with van der Waals surface area (Å²) in [6.45, 7) is 1.67. The molecular weight excluding hydrogens is 260 g/mol. The fourth-order valence-electron chi connectivity index (χ4n) is 2.06. The van der Waals surface area contributed by atoms with Gasteiger partial charge in [0, 0.05) is 5.39 Å². The Bertz CT molecular complexity index is 816. The van der Waals surface area contributed by atoms with Crippen molar-refractivity contribution < 1.29 is 8.78 Å². The van der Waals surface area contributed by atoms with E-state index in [1.165, 1.54) is 18.2 Å². The van der Waals surface area contributed by atoms with Gasteiger partial charge in [0.2, 0.25) is 0 Å². The van der Waals surface area contributed by atoms with Gasteiger partial charge >= 0.3 is 0 Å². The van der Waals surface area contributed by atoms with Crippen LogP contribution in [0.15, 0.2) is 36.4 Å². The highest BCUT2D eigenvalue weighted by Crippen LogP contribution is 2.26. The highest BCUT2D eigenvalue weighted by Gasteiger charge is 2.13. The fourth-order valence-corrected chi connectivity index (χ4v) is 2.06. The van der Waals surface area contributed by atoms with Crippen molar-refractivity contribution in [1.82, 2.24) is 9.97 Å². The zero-order valence-electron chi connectivity index (χ0n) is 10.7. The van der Waals surface area contributed by atoms with Gasteiger partial charge in [0.25, 0.3) is 0 Å². The van der Waals surface area contributed by atoms with Crippen molar-refractivity contribution in [3.8, 4) is 11.4 Å². The molecule has 3 nitrogen and oxygen atoms in total. The smallest absolute Gasteiger partial charge is 0.165 e. The van der Waals surface area contributed by atoms with Crippen LogP contribution in [0.3, 0.4) is 0 Å². The fraction of sp³-hybridized carbons (Fsp3) is 0.0667. The number of fused-ring (bicyclic) bond motifs is 1. The molecule has 0 aliphatic heterocycles. The second-order valence-electron chi connectivity index (χ2n) is 4.53. The molecule has 0 saturated carbocycles. The molecule has 1 heterocycles. The van der Waals surface area contributed by atoms with Gasteiger partial charge in [-0.25, -0.2) is 18.7 Å². The van der Waals surface area contributed by atoms with Crippen LogP contribution in [0.2, 0.25) is 0 Å². The van der Waals surface area contributed by atoms with E-state index in [4.69, 9.17) is 5.73 Å². The van der Waals surface area contributed by atoms with Crippen molar-refractivity contribution in [2.75, 3.05) is 5.73 Å². The molecule has 2 N–H and O–H groups in total. The van der Waals surface area contributed by atoms with Crippen molar-refractivity contribution in [3.63, 3.8) is 0 Å². The molecule has 3 aromatic rings. The van der Waals surface area contributed by atoms with Crippen LogP contribution in [0, 0.1) is 18.6 Å². The zero-order valence-corrected chi connectivity index (χ0v) is 10.7. The Kier molecular flexibility index (Phi) is 2.82. The third-order valence-corrected chi connectivity index (χ3v) is 3.12. The summed E-state index contributed by atoms with van der Waals surface area (Å²) >= 11 is 0. The van der Waals surface area contributed by atoms with Crippen LogP contribution in [-0.2, 0) is 0 Å². The molecule has 0 fully saturated rings. The minimum atomic E-state index is -0.415. The third-order valence-electron chi connectivity index (χ3n) is 3.12. The first-order valence-corrected chi connectivity index (χ1v) is 6.04. The van der Waals surface area contributed by atoms with Crippen LogP contribution in [0.5, 0.6) is 0 Å². The lowest BCUT2D eigenvalue weighted by Crippen LogP contribution is -2.00. The number of halogens is 2. The molecule has 100 valence electrons. The van der Waals surface area contributed by atoms with Gasteiger partial charge in [-0.05, 0) is 36.8 Å². The SMILES string of the molecule is Cc1cccc(-c2nc(N)c3cc(F)ccc3n2)c1F. The molecule has 0 unspecified atom stereocenters. The molecule has 1 aromatic heterocycles. The second-order valence-corrected chi connectivity index (χ2v) is 4.53. The number of anilines is 1. The first-order chi connectivity index (χ1) is 9.56. The monoisotopic (exact) mass is 271 g/mol. The summed E-state index contributed by atoms with van der Waals surface area (Å²) in [4.78, 5) is 8.33. The summed E-state index contributed by atoms with van der Waals surface area (Å²) in [5, 5.41) is 0.418. The van der Waals surface area contributed by atoms with E-state index in [1.54, 1.807) is 25.1 Å². The predicted molar refractivity (Wildman–Crippen MR) is 74.0 cm³/mol. The van der Waals surface area contributed by atoms with E-state index < -0.39 is 5.82 Å². The number of nitrogen functional groups attached to an aromatic ring is 1. The average molecular weight is 271 g/mol. The molecule has 0 aliphatic rings. The molecule has 3 rings (SSSR count). The van der Waals surface area contributed by atoms with Crippen LogP contribution in [0.4, 0.5) is 14.6 Å². The molecule has 5 heteroatoms. The van der Waals surface area contributed by atoms with Gasteiger partial charge in [-0.15, -0.1) is 0 Å². The van der Waals surface area contributed by atoms with Crippen molar-refractivity contribution in [2.24, 2.45) is 0 Å². The van der Waals surface area contributed by atoms with E-state index in [0.29, 0.717) is 16.5 Å². The number of benzene rings is 2. The van der Waals surface area contributed by atoms with Crippen LogP contribution in [0.1, 0.15) is 5.56 Å². The number of aromatic nitrogens is 2. The molecule has 0 radical (unpaired) electrons. The Labute approximate surface area is 114 Å². The van der Waals surface area contributed by atoms with E-state index in [-0.39, 0.29) is 23.0 Å². The maximum absolute atomic E-state index is 14.1. The highest BCUT2D eigenvalue weighted by molar-refractivity contribution is 5.89. The predicted octanol–water partition coefficient (Wildman–Crippen LogP) is 3.47. The number of nitrogens with two attached hydrogens (primary N) is 1. The zero-order chi connectivity index (χ0) is 14.3. The summed E-state index contributed by atoms with van der Waals surface area (Å²) in [5.74, 6) is -0.469. The van der Waals surface area contributed by atoms with Crippen LogP contribution < -0.4 is 5.73 Å². The van der Waals surface area contributed by atoms with Crippen LogP contribution in [-0.4, -0.2) is 9.97 Å². The molecule has 2 aromatic carbocycles. The number of hydrogen-bond donors (Lipinski definition) is 1. The lowest BCUT2D eigenvalue weighted by atomic mass is 10.1. The Hall–Kier alpha value is -2.56. The largest absolute Gasteiger partial charge is 0.383 e. The normalized spacial score (nSPS) is 10.9. The number of aryl methyl sites for hydroxylation is 1. The van der Waals surface area contributed by atoms with Gasteiger partial charge < -0.3 is 5.73 Å². The second kappa shape index (κ2) is 4.52. The molecule has 0 bridgehead atoms. The van der Waals surface area contributed by atoms with Crippen molar-refractivity contribution >= 4 is 16.7 Å². The van der Waals surface area contributed by atoms with Crippen LogP contribution in [0.25, 0.3) is 22.3 Å². The Morgan fingerprint density at radius 1 is 1.05 bits per heavy atom. The van der Waals surface area contributed by atoms with Crippen LogP contribution >= 0.6 is 0 Å². The van der Waals surface area contributed by atoms with Crippen molar-refractivity contribution in [3.05, 3.63) is 53.6 Å². The summed E-state index contributed by atoms with van der Waals surface area (Å²) in [5.41, 5.74) is 7.08. The Morgan fingerprint density at radius 2 is 1.85 bits per heavy atom. The molecule has 0 amide bonds. The van der Waals surface area contributed by atoms with Gasteiger partial charge in [-0.2, -0.15) is 0 Å². The maximum atomic E-state index is 14.1. The molecule has 20 heavy (non-hydrogen) atoms. The Balaban J connectivity index is 2.28. The average Bonchev–Trinajstić information content (AvgIpc) is 2.42. The summed E-state index contributed by atoms with van der Waals surface area (Å²) in [6, 6.07) is 9.03. The van der Waals surface area contributed by atoms with E-state index in [0.717, 1.165) is 0 Å². The lowest BCUT2D eigenvalue weighted by Gasteiger charge is -2.07. The third kappa shape index (κ3) is 1.97. The molecule has 0 atom stereocenters. The standard InChI is InChI=1S/C15H11F2N3/c1-8-3-2-4-10(13(8)17)15-19-12-6-5-9(16)7-11(12)14(18)20-15/h2-7H,1H3,(H2,18,19,20). The van der Waals surface area contributed by atoms with Gasteiger partial charge in [-0.3, -0.25) is 0 Å². The summed E-state index contributed by atoms with van der Waals surface area (Å²) in [7, 11) is 0. The number of hydrogen-bond acceptors (Lipinski definition) is 3. The number of rotatable bonds is 1. The van der Waals surface area contributed by atoms with E-state index in [2.05, 4.69) is 9.97 Å². The van der Waals surface area contributed by atoms with E-state index in [9.17, 15) is 8.78 Å². The quantitative estimate of drug-likeness (QED) is 0.737. The highest BCUT2D eigenvalue weighted by atomic mass is 19.1. The van der Waals surface area contributed by atoms with Crippen molar-refractivity contribution in [1.29, 1.82) is 0 Å². The van der Waals surface area contributed by atoms with Gasteiger partial charge in [-0.1, -0.05) is 12.1 Å². The van der Waals surface area contributed by atoms with Gasteiger partial charge in [0.1, 0.15) is 17.5 Å². The first kappa shape index (κ1) is 12.5. The summed E-state index contributed by atoms with van der Waals surface area (Å²) < 4.78 is 27.3. The van der Waals surface area contributed by atoms with E-state index >= 15 is 0 Å². The Morgan fingerprint density at radius 3 is 2.65 bits per heavy atom. The topological polar surface area (TPSA) is 51.8 Å². The first-order valence-electron chi connectivity index (χ1n) is 6.04. The summed E-state index contributed by atoms with van der Waals surface area (Å²) in [6.07, 6.45) is 0. The van der Waals surface area contributed by atoms with E-state index in [1.807, 2.05) is 0 Å².